The van der Waals surface area contributed by atoms with Gasteiger partial charge in [-0.25, -0.2) is 0 Å². The fourth-order valence-corrected chi connectivity index (χ4v) is 16.0. The highest BCUT2D eigenvalue weighted by Crippen LogP contribution is 2.57. The molecular formula is C94H62N8O2. The van der Waals surface area contributed by atoms with Crippen molar-refractivity contribution in [2.75, 3.05) is 19.6 Å². The third kappa shape index (κ3) is 9.96. The van der Waals surface area contributed by atoms with Gasteiger partial charge < -0.3 is 29.1 Å². The lowest BCUT2D eigenvalue weighted by Crippen LogP contribution is -2.30. The molecular weight excluding hydrogens is 1270 g/mol. The molecule has 104 heavy (non-hydrogen) atoms. The third-order valence-electron chi connectivity index (χ3n) is 21.2. The smallest absolute Gasteiger partial charge is 0.152 e. The van der Waals surface area contributed by atoms with Crippen LogP contribution in [0.15, 0.2) is 303 Å². The van der Waals surface area contributed by atoms with Crippen molar-refractivity contribution >= 4 is 68.2 Å². The summed E-state index contributed by atoms with van der Waals surface area (Å²) in [5.41, 5.74) is 26.5. The third-order valence-corrected chi connectivity index (χ3v) is 21.2. The number of rotatable bonds is 9. The first kappa shape index (κ1) is 62.1. The quantitative estimate of drug-likeness (QED) is 0.138. The highest BCUT2D eigenvalue weighted by Gasteiger charge is 2.39. The number of nitriles is 4. The van der Waals surface area contributed by atoms with Crippen LogP contribution in [0.5, 0.6) is 23.0 Å². The molecule has 0 N–H and O–H groups in total. The average molecular weight is 1340 g/mol. The molecule has 0 aliphatic carbocycles. The standard InChI is InChI=1S/C94H62N8O2/c1-93(2)77-17-5-8-20-81(77)99(82-21-9-6-18-78(82)93)69-39-29-59(30-40-69)73-49-65(55-95)66(56-96)50-74(73)60-31-41-70(42-32-60)100-83-22-10-7-19-79(83)94(3,4)80-53-63(37-47-84(80)100)64-38-48-88-92(54-64)104-91-28-16-13-25-87(91)102(88)72-45-35-62(36-46-72)76-52-68(58-98)67(57-97)51-75(76)61-33-43-71(44-34-61)101-85-23-11-14-26-89(85)103-90-27-15-12-24-86(90)101/h5-54H,1-4H3. The molecule has 14 aromatic rings. The van der Waals surface area contributed by atoms with Gasteiger partial charge in [-0.05, 0) is 230 Å². The van der Waals surface area contributed by atoms with Gasteiger partial charge in [0.2, 0.25) is 0 Å². The molecule has 0 unspecified atom stereocenters. The molecule has 0 fully saturated rings. The average Bonchev–Trinajstić information content (AvgIpc) is 0.727. The van der Waals surface area contributed by atoms with Crippen LogP contribution in [0.3, 0.4) is 0 Å². The number of ether oxygens (including phenoxy) is 2. The van der Waals surface area contributed by atoms with Crippen LogP contribution < -0.4 is 29.1 Å². The van der Waals surface area contributed by atoms with Gasteiger partial charge in [-0.15, -0.1) is 0 Å². The van der Waals surface area contributed by atoms with E-state index in [1.165, 1.54) is 16.7 Å². The van der Waals surface area contributed by atoms with Crippen LogP contribution in [0.2, 0.25) is 0 Å². The van der Waals surface area contributed by atoms with E-state index < -0.39 is 5.41 Å². The van der Waals surface area contributed by atoms with Crippen LogP contribution in [-0.4, -0.2) is 0 Å². The Bertz CT molecular complexity index is 5970. The molecule has 14 aromatic carbocycles. The lowest BCUT2D eigenvalue weighted by molar-refractivity contribution is 0.477. The van der Waals surface area contributed by atoms with Crippen LogP contribution in [0.4, 0.5) is 68.2 Å². The number of hydrogen-bond donors (Lipinski definition) is 0. The van der Waals surface area contributed by atoms with Crippen LogP contribution in [0, 0.1) is 45.3 Å². The normalized spacial score (nSPS) is 13.6. The van der Waals surface area contributed by atoms with E-state index >= 15 is 0 Å². The summed E-state index contributed by atoms with van der Waals surface area (Å²) in [4.78, 5) is 9.12. The molecule has 0 spiro atoms. The van der Waals surface area contributed by atoms with E-state index in [9.17, 15) is 21.0 Å². The summed E-state index contributed by atoms with van der Waals surface area (Å²) in [6.07, 6.45) is 0. The van der Waals surface area contributed by atoms with E-state index in [1.54, 1.807) is 0 Å². The van der Waals surface area contributed by atoms with Crippen molar-refractivity contribution < 1.29 is 9.47 Å². The van der Waals surface area contributed by atoms with E-state index in [-0.39, 0.29) is 5.41 Å². The molecule has 0 amide bonds. The van der Waals surface area contributed by atoms with Gasteiger partial charge in [-0.3, -0.25) is 0 Å². The highest BCUT2D eigenvalue weighted by atomic mass is 16.5. The molecule has 0 aromatic heterocycles. The number of fused-ring (bicyclic) bond motifs is 8. The van der Waals surface area contributed by atoms with Gasteiger partial charge >= 0.3 is 0 Å². The SMILES string of the molecule is CC1(C)c2ccccc2N(c2ccc(-c3cc(C#N)c(C#N)cc3-c3ccc(N4c5ccccc5C(C)(C)c5cc(-c6ccc7c(c6)Oc6ccccc6N7c6ccc(-c7cc(C#N)c(C#N)cc7-c7ccc(N8c9ccccc9Oc9ccccc98)cc7)cc6)ccc54)cc3)cc2)c2ccccc21. The van der Waals surface area contributed by atoms with Crippen molar-refractivity contribution in [2.45, 2.75) is 38.5 Å². The fourth-order valence-electron chi connectivity index (χ4n) is 16.0. The maximum Gasteiger partial charge on any atom is 0.152 e. The highest BCUT2D eigenvalue weighted by molar-refractivity contribution is 5.96. The van der Waals surface area contributed by atoms with Gasteiger partial charge in [0.25, 0.3) is 0 Å². The van der Waals surface area contributed by atoms with Crippen molar-refractivity contribution in [2.24, 2.45) is 0 Å². The van der Waals surface area contributed by atoms with Crippen LogP contribution in [-0.2, 0) is 10.8 Å². The van der Waals surface area contributed by atoms with Crippen molar-refractivity contribution in [1.29, 1.82) is 21.0 Å². The fraction of sp³-hybridized carbons (Fsp3) is 0.0638. The molecule has 0 bridgehead atoms. The summed E-state index contributed by atoms with van der Waals surface area (Å²) in [5, 5.41) is 41.6. The summed E-state index contributed by atoms with van der Waals surface area (Å²) in [7, 11) is 0. The van der Waals surface area contributed by atoms with Gasteiger partial charge in [-0.2, -0.15) is 21.0 Å². The lowest BCUT2D eigenvalue weighted by Gasteiger charge is -2.42. The molecule has 18 rings (SSSR count). The summed E-state index contributed by atoms with van der Waals surface area (Å²) >= 11 is 0. The topological polar surface area (TPSA) is 127 Å². The van der Waals surface area contributed by atoms with E-state index in [0.29, 0.717) is 28.0 Å². The van der Waals surface area contributed by atoms with Crippen molar-refractivity contribution in [3.8, 4) is 103 Å². The number of para-hydroxylation sites is 9. The minimum atomic E-state index is -0.396. The van der Waals surface area contributed by atoms with E-state index in [2.05, 4.69) is 296 Å². The summed E-state index contributed by atoms with van der Waals surface area (Å²) in [6, 6.07) is 114. The Morgan fingerprint density at radius 3 is 0.808 bits per heavy atom. The maximum absolute atomic E-state index is 10.5. The first-order valence-corrected chi connectivity index (χ1v) is 34.7. The monoisotopic (exact) mass is 1330 g/mol. The summed E-state index contributed by atoms with van der Waals surface area (Å²) < 4.78 is 13.2. The Labute approximate surface area is 604 Å². The molecule has 0 radical (unpaired) electrons. The van der Waals surface area contributed by atoms with Gasteiger partial charge in [0.05, 0.1) is 67.8 Å². The van der Waals surface area contributed by atoms with E-state index in [1.807, 2.05) is 78.9 Å². The van der Waals surface area contributed by atoms with Gasteiger partial charge in [0, 0.05) is 33.6 Å². The predicted octanol–water partition coefficient (Wildman–Crippen LogP) is 24.9. The largest absolute Gasteiger partial charge is 0.453 e. The van der Waals surface area contributed by atoms with Gasteiger partial charge in [-0.1, -0.05) is 179 Å². The number of benzene rings is 14. The molecule has 10 heteroatoms. The zero-order valence-electron chi connectivity index (χ0n) is 57.3. The van der Waals surface area contributed by atoms with Crippen molar-refractivity contribution in [3.05, 3.63) is 348 Å². The Morgan fingerprint density at radius 1 is 0.231 bits per heavy atom. The second kappa shape index (κ2) is 24.3. The zero-order valence-corrected chi connectivity index (χ0v) is 57.3. The van der Waals surface area contributed by atoms with Crippen LogP contribution >= 0.6 is 0 Å². The van der Waals surface area contributed by atoms with E-state index in [4.69, 9.17) is 9.47 Å². The first-order chi connectivity index (χ1) is 50.9. The van der Waals surface area contributed by atoms with Crippen molar-refractivity contribution in [1.82, 2.24) is 0 Å². The lowest BCUT2D eigenvalue weighted by atomic mass is 9.73. The second-order valence-electron chi connectivity index (χ2n) is 27.7. The number of anilines is 12. The predicted molar refractivity (Wildman–Crippen MR) is 416 cm³/mol. The molecule has 0 saturated heterocycles. The Kier molecular flexibility index (Phi) is 14.5. The molecule has 490 valence electrons. The second-order valence-corrected chi connectivity index (χ2v) is 27.7. The minimum absolute atomic E-state index is 0.186. The first-order valence-electron chi connectivity index (χ1n) is 34.7. The van der Waals surface area contributed by atoms with E-state index in [0.717, 1.165) is 147 Å². The van der Waals surface area contributed by atoms with Crippen molar-refractivity contribution in [3.63, 3.8) is 0 Å². The summed E-state index contributed by atoms with van der Waals surface area (Å²) in [5.74, 6) is 2.96. The molecule has 0 atom stereocenters. The van der Waals surface area contributed by atoms with Crippen LogP contribution in [0.25, 0.3) is 55.6 Å². The Balaban J connectivity index is 0.659. The maximum atomic E-state index is 10.5. The molecule has 4 aliphatic rings. The minimum Gasteiger partial charge on any atom is -0.453 e. The van der Waals surface area contributed by atoms with Gasteiger partial charge in [0.15, 0.2) is 23.0 Å². The Hall–Kier alpha value is -14.2. The molecule has 4 aliphatic heterocycles. The molecule has 10 nitrogen and oxygen atoms in total. The van der Waals surface area contributed by atoms with Gasteiger partial charge in [0.1, 0.15) is 24.3 Å². The zero-order chi connectivity index (χ0) is 70.5. The summed E-state index contributed by atoms with van der Waals surface area (Å²) in [6.45, 7) is 9.18. The number of hydrogen-bond acceptors (Lipinski definition) is 10. The Morgan fingerprint density at radius 2 is 0.471 bits per heavy atom. The molecule has 4 heterocycles. The number of nitrogens with zero attached hydrogens (tertiary/aromatic N) is 8. The van der Waals surface area contributed by atoms with Crippen LogP contribution in [0.1, 0.15) is 72.2 Å². The molecule has 0 saturated carbocycles.